The van der Waals surface area contributed by atoms with Crippen molar-refractivity contribution in [2.45, 2.75) is 344 Å². The van der Waals surface area contributed by atoms with E-state index in [4.69, 9.17) is 47.4 Å². The third-order valence-electron chi connectivity index (χ3n) is 21.6. The van der Waals surface area contributed by atoms with Crippen molar-refractivity contribution in [1.29, 1.82) is 0 Å². The Balaban J connectivity index is 0.000000451. The second kappa shape index (κ2) is 51.6. The van der Waals surface area contributed by atoms with Crippen molar-refractivity contribution in [2.24, 2.45) is 23.7 Å². The summed E-state index contributed by atoms with van der Waals surface area (Å²) in [4.78, 5) is 19.5. The Hall–Kier alpha value is -2.12. The SMILES string of the molecule is CC(C)O[C@@H]1CN(C)C[C@H]1C.CC(C)O[C@@H]1CN(C)C[C@H]1C(F)F.CC(C)O[C@H]1CN(C)C[C@@H]1C.CC(C)O[C@H]1CN(C)C[C@@H]1C(C)F.CN1CCC(F)(COC(C)(C)C)CC1.CN1CCC[C@@](F)(COC(C)(C)C)C1.CN1CC[C@@](F)(COC(C)(C)C)C1.CN1CCc2c(cccc2OC(C)(C)C)C1.CO[C@@H]1CN(C)C[C@H]1OC(C)(C)C. The number of hydrogen-bond donors (Lipinski definition) is 0. The summed E-state index contributed by atoms with van der Waals surface area (Å²) in [5, 5.41) is 0. The van der Waals surface area contributed by atoms with E-state index in [0.717, 1.165) is 97.1 Å². The van der Waals surface area contributed by atoms with Crippen molar-refractivity contribution in [3.8, 4) is 5.75 Å². The van der Waals surface area contributed by atoms with Gasteiger partial charge in [0.25, 0.3) is 0 Å². The quantitative estimate of drug-likeness (QED) is 0.122. The molecule has 0 saturated carbocycles. The number of rotatable bonds is 19. The Morgan fingerprint density at radius 3 is 1.13 bits per heavy atom. The number of piperidine rings is 2. The molecular formula is C93H181F6N9O10. The molecule has 1 unspecified atom stereocenters. The fourth-order valence-corrected chi connectivity index (χ4v) is 15.7. The van der Waals surface area contributed by atoms with Crippen molar-refractivity contribution in [1.82, 2.24) is 44.1 Å². The number of likely N-dealkylation sites (tertiary alicyclic amines) is 8. The maximum atomic E-state index is 14.2. The summed E-state index contributed by atoms with van der Waals surface area (Å²) >= 11 is 0. The molecule has 0 radical (unpaired) electrons. The molecule has 1 aromatic carbocycles. The lowest BCUT2D eigenvalue weighted by Gasteiger charge is -2.36. The lowest BCUT2D eigenvalue weighted by Crippen LogP contribution is -2.47. The number of methoxy groups -OCH3 is 1. The van der Waals surface area contributed by atoms with E-state index in [1.165, 1.54) is 24.2 Å². The number of halogens is 6. The fraction of sp³-hybridized carbons (Fsp3) is 0.935. The summed E-state index contributed by atoms with van der Waals surface area (Å²) in [5.41, 5.74) is -1.45. The summed E-state index contributed by atoms with van der Waals surface area (Å²) < 4.78 is 137. The Kier molecular flexibility index (Phi) is 49.0. The van der Waals surface area contributed by atoms with Crippen LogP contribution in [0.4, 0.5) is 26.3 Å². The number of benzene rings is 1. The van der Waals surface area contributed by atoms with Gasteiger partial charge in [0.2, 0.25) is 6.43 Å². The minimum absolute atomic E-state index is 0.0257. The van der Waals surface area contributed by atoms with Crippen LogP contribution in [0.1, 0.15) is 223 Å². The van der Waals surface area contributed by atoms with Crippen LogP contribution in [0.15, 0.2) is 18.2 Å². The Bertz CT molecular complexity index is 2760. The van der Waals surface area contributed by atoms with Crippen molar-refractivity contribution in [2.75, 3.05) is 202 Å². The Morgan fingerprint density at radius 1 is 0.390 bits per heavy atom. The molecule has 8 fully saturated rings. The molecule has 0 aliphatic carbocycles. The lowest BCUT2D eigenvalue weighted by molar-refractivity contribution is -0.0995. The molecule has 9 aliphatic heterocycles. The van der Waals surface area contributed by atoms with Crippen LogP contribution in [0.25, 0.3) is 0 Å². The van der Waals surface area contributed by atoms with Gasteiger partial charge >= 0.3 is 0 Å². The zero-order valence-electron chi connectivity index (χ0n) is 81.9. The third kappa shape index (κ3) is 48.6. The normalized spacial score (nSPS) is 28.9. The number of fused-ring (bicyclic) bond motifs is 1. The molecule has 10 rings (SSSR count). The van der Waals surface area contributed by atoms with Gasteiger partial charge in [-0.25, -0.2) is 26.3 Å². The van der Waals surface area contributed by atoms with Crippen LogP contribution >= 0.6 is 0 Å². The average molecular weight is 1700 g/mol. The van der Waals surface area contributed by atoms with E-state index >= 15 is 0 Å². The van der Waals surface area contributed by atoms with Gasteiger partial charge in [0.15, 0.2) is 0 Å². The average Bonchev–Trinajstić information content (AvgIpc) is 1.42. The molecule has 700 valence electrons. The van der Waals surface area contributed by atoms with Gasteiger partial charge in [-0.3, -0.25) is 0 Å². The van der Waals surface area contributed by atoms with Crippen molar-refractivity contribution in [3.63, 3.8) is 0 Å². The minimum atomic E-state index is -2.27. The maximum Gasteiger partial charge on any atom is 0.245 e. The number of ether oxygens (including phenoxy) is 10. The molecule has 0 N–H and O–H groups in total. The second-order valence-electron chi connectivity index (χ2n) is 42.2. The predicted molar refractivity (Wildman–Crippen MR) is 476 cm³/mol. The second-order valence-corrected chi connectivity index (χ2v) is 42.2. The van der Waals surface area contributed by atoms with Gasteiger partial charge < -0.3 is 91.5 Å². The molecule has 9 heterocycles. The largest absolute Gasteiger partial charge is 0.488 e. The van der Waals surface area contributed by atoms with Gasteiger partial charge in [-0.2, -0.15) is 0 Å². The van der Waals surface area contributed by atoms with Gasteiger partial charge in [-0.05, 0) is 304 Å². The van der Waals surface area contributed by atoms with E-state index in [1.54, 1.807) is 14.0 Å². The Labute approximate surface area is 718 Å². The molecule has 9 aliphatic rings. The highest BCUT2D eigenvalue weighted by Gasteiger charge is 2.42. The van der Waals surface area contributed by atoms with Gasteiger partial charge in [0.05, 0.1) is 109 Å². The third-order valence-corrected chi connectivity index (χ3v) is 21.6. The van der Waals surface area contributed by atoms with Crippen molar-refractivity contribution < 1.29 is 73.7 Å². The van der Waals surface area contributed by atoms with E-state index in [0.29, 0.717) is 88.1 Å². The highest BCUT2D eigenvalue weighted by molar-refractivity contribution is 5.42. The maximum absolute atomic E-state index is 14.2. The van der Waals surface area contributed by atoms with E-state index in [1.807, 2.05) is 140 Å². The van der Waals surface area contributed by atoms with Crippen LogP contribution in [0, 0.1) is 23.7 Å². The van der Waals surface area contributed by atoms with E-state index in [-0.39, 0.29) is 90.4 Å². The van der Waals surface area contributed by atoms with Crippen LogP contribution < -0.4 is 4.74 Å². The smallest absolute Gasteiger partial charge is 0.245 e. The first-order valence-electron chi connectivity index (χ1n) is 44.7. The molecule has 0 amide bonds. The Morgan fingerprint density at radius 2 is 0.754 bits per heavy atom. The van der Waals surface area contributed by atoms with Gasteiger partial charge in [0.1, 0.15) is 34.5 Å². The number of hydrogen-bond acceptors (Lipinski definition) is 19. The first kappa shape index (κ1) is 112. The predicted octanol–water partition coefficient (Wildman–Crippen LogP) is 16.3. The number of likely N-dealkylation sites (N-methyl/N-ethyl adjacent to an activating group) is 6. The molecular weight excluding hydrogens is 1520 g/mol. The van der Waals surface area contributed by atoms with Crippen LogP contribution in [0.5, 0.6) is 5.75 Å². The molecule has 1 aromatic rings. The lowest BCUT2D eigenvalue weighted by atomic mass is 9.94. The first-order chi connectivity index (χ1) is 54.0. The first-order valence-corrected chi connectivity index (χ1v) is 44.7. The molecule has 13 atom stereocenters. The molecule has 25 heteroatoms. The van der Waals surface area contributed by atoms with E-state index in [2.05, 4.69) is 159 Å². The summed E-state index contributed by atoms with van der Waals surface area (Å²) in [7, 11) is 20.1. The van der Waals surface area contributed by atoms with Gasteiger partial charge in [-0.15, -0.1) is 0 Å². The fourth-order valence-electron chi connectivity index (χ4n) is 15.7. The summed E-state index contributed by atoms with van der Waals surface area (Å²) in [6, 6.07) is 6.40. The zero-order chi connectivity index (χ0) is 90.5. The molecule has 118 heavy (non-hydrogen) atoms. The highest BCUT2D eigenvalue weighted by atomic mass is 19.3. The standard InChI is InChI=1S/C14H21NO.2C11H22FNO.2C10H20FNO.C10H21NO2.C9H17F2NO.2C9H19NO/c1-14(2,3)16-13-7-5-6-11-10-15(4)9-8-12(11)13;1-10(2,3)14-9-11(12)5-7-13(4)8-6-11;1-10(2,3)14-9-11(12)6-5-7-13(4)8-11;1-7(2)13-10-6-12(4)5-9(10)8(3)11;1-9(2,3)13-8-10(11)5-6-12(4)7-10;1-10(2,3)13-9-7-11(4)6-8(9)12-5;1-6(2)13-8-5-12(3)4-7(8)9(10)11;2*1-7(2)11-9-6-10(4)5-8(9)3/h5-7H,8-10H2,1-4H3;2*5-9H2,1-4H3;7-10H,5-6H2,1-4H3;5-8H2,1-4H3;8-9H,6-7H2,1-5H3;6-9H,4-5H2,1-3H3;2*7-9H,5-6H2,1-4H3/t;;11-;8?,9-,10+;10-;8-,9-;7-,8-;2*8-,9-/m..0101110/s1. The zero-order valence-corrected chi connectivity index (χ0v) is 81.9. The van der Waals surface area contributed by atoms with Crippen molar-refractivity contribution >= 4 is 0 Å². The van der Waals surface area contributed by atoms with Crippen LogP contribution in [-0.4, -0.2) is 364 Å². The minimum Gasteiger partial charge on any atom is -0.488 e. The van der Waals surface area contributed by atoms with Crippen molar-refractivity contribution in [3.05, 3.63) is 29.3 Å². The van der Waals surface area contributed by atoms with Gasteiger partial charge in [0, 0.05) is 124 Å². The molecule has 8 saturated heterocycles. The van der Waals surface area contributed by atoms with Crippen LogP contribution in [-0.2, 0) is 55.6 Å². The molecule has 0 aromatic heterocycles. The summed E-state index contributed by atoms with van der Waals surface area (Å²) in [6.45, 7) is 69.1. The van der Waals surface area contributed by atoms with Crippen LogP contribution in [0.3, 0.4) is 0 Å². The highest BCUT2D eigenvalue weighted by Crippen LogP contribution is 2.34. The van der Waals surface area contributed by atoms with Gasteiger partial charge in [-0.1, -0.05) is 26.0 Å². The molecule has 0 spiro atoms. The number of nitrogens with zero attached hydrogens (tertiary/aromatic N) is 9. The molecule has 0 bridgehead atoms. The van der Waals surface area contributed by atoms with E-state index < -0.39 is 35.5 Å². The monoisotopic (exact) mass is 1700 g/mol. The topological polar surface area (TPSA) is 121 Å². The molecule has 19 nitrogen and oxygen atoms in total. The summed E-state index contributed by atoms with van der Waals surface area (Å²) in [6.07, 6.45) is 3.50. The van der Waals surface area contributed by atoms with E-state index in [9.17, 15) is 26.3 Å². The number of alkyl halides is 6. The summed E-state index contributed by atoms with van der Waals surface area (Å²) in [5.74, 6) is 1.89. The van der Waals surface area contributed by atoms with Crippen LogP contribution in [0.2, 0.25) is 0 Å².